The third-order valence-corrected chi connectivity index (χ3v) is 3.41. The number of piperidine rings is 1. The summed E-state index contributed by atoms with van der Waals surface area (Å²) in [6.07, 6.45) is 3.82. The lowest BCUT2D eigenvalue weighted by molar-refractivity contribution is -0.122. The molecular formula is C10H21N3O3S. The van der Waals surface area contributed by atoms with Gasteiger partial charge in [-0.2, -0.15) is 0 Å². The van der Waals surface area contributed by atoms with E-state index in [0.717, 1.165) is 32.2 Å². The van der Waals surface area contributed by atoms with Crippen molar-refractivity contribution in [3.63, 3.8) is 0 Å². The maximum Gasteiger partial charge on any atom is 0.220 e. The van der Waals surface area contributed by atoms with Crippen LogP contribution in [0.1, 0.15) is 19.3 Å². The van der Waals surface area contributed by atoms with Crippen LogP contribution in [0.2, 0.25) is 0 Å². The summed E-state index contributed by atoms with van der Waals surface area (Å²) in [4.78, 5) is 11.5. The van der Waals surface area contributed by atoms with Gasteiger partial charge in [-0.15, -0.1) is 0 Å². The van der Waals surface area contributed by atoms with Gasteiger partial charge in [0.05, 0.1) is 6.26 Å². The standard InChI is InChI=1S/C10H21N3O3S/c1-17(15,16)13-6-5-12-10(14)7-9-3-2-4-11-8-9/h9,11,13H,2-8H2,1H3,(H,12,14). The van der Waals surface area contributed by atoms with Crippen LogP contribution in [0.15, 0.2) is 0 Å². The fourth-order valence-electron chi connectivity index (χ4n) is 1.87. The Labute approximate surface area is 103 Å². The average molecular weight is 263 g/mol. The number of carbonyl (C=O) groups is 1. The summed E-state index contributed by atoms with van der Waals surface area (Å²) < 4.78 is 23.8. The lowest BCUT2D eigenvalue weighted by Crippen LogP contribution is -2.37. The molecule has 0 bridgehead atoms. The van der Waals surface area contributed by atoms with Gasteiger partial charge in [-0.3, -0.25) is 4.79 Å². The number of carbonyl (C=O) groups excluding carboxylic acids is 1. The molecule has 1 unspecified atom stereocenters. The number of amides is 1. The molecule has 7 heteroatoms. The Balaban J connectivity index is 2.08. The molecule has 6 nitrogen and oxygen atoms in total. The van der Waals surface area contributed by atoms with Crippen LogP contribution in [0.4, 0.5) is 0 Å². The zero-order valence-electron chi connectivity index (χ0n) is 10.2. The number of hydrogen-bond donors (Lipinski definition) is 3. The molecule has 1 aliphatic heterocycles. The summed E-state index contributed by atoms with van der Waals surface area (Å²) in [5.41, 5.74) is 0. The molecule has 1 rings (SSSR count). The van der Waals surface area contributed by atoms with Crippen LogP contribution in [0.5, 0.6) is 0 Å². The van der Waals surface area contributed by atoms with Crippen molar-refractivity contribution in [3.8, 4) is 0 Å². The molecule has 1 fully saturated rings. The third-order valence-electron chi connectivity index (χ3n) is 2.68. The number of hydrogen-bond acceptors (Lipinski definition) is 4. The first-order valence-corrected chi connectivity index (χ1v) is 7.78. The molecule has 0 spiro atoms. The van der Waals surface area contributed by atoms with E-state index in [1.807, 2.05) is 0 Å². The molecule has 0 aromatic heterocycles. The van der Waals surface area contributed by atoms with E-state index in [2.05, 4.69) is 15.4 Å². The maximum absolute atomic E-state index is 11.5. The van der Waals surface area contributed by atoms with E-state index in [1.165, 1.54) is 0 Å². The van der Waals surface area contributed by atoms with E-state index in [0.29, 0.717) is 18.9 Å². The first-order valence-electron chi connectivity index (χ1n) is 5.89. The molecule has 1 saturated heterocycles. The van der Waals surface area contributed by atoms with Crippen molar-refractivity contribution >= 4 is 15.9 Å². The van der Waals surface area contributed by atoms with Crippen molar-refractivity contribution < 1.29 is 13.2 Å². The van der Waals surface area contributed by atoms with E-state index in [4.69, 9.17) is 0 Å². The smallest absolute Gasteiger partial charge is 0.220 e. The molecule has 0 radical (unpaired) electrons. The molecule has 0 aromatic rings. The van der Waals surface area contributed by atoms with Gasteiger partial charge in [-0.05, 0) is 31.8 Å². The van der Waals surface area contributed by atoms with E-state index in [9.17, 15) is 13.2 Å². The second kappa shape index (κ2) is 6.93. The molecule has 17 heavy (non-hydrogen) atoms. The summed E-state index contributed by atoms with van der Waals surface area (Å²) in [6.45, 7) is 2.52. The maximum atomic E-state index is 11.5. The first-order chi connectivity index (χ1) is 7.97. The first kappa shape index (κ1) is 14.4. The average Bonchev–Trinajstić information content (AvgIpc) is 2.25. The normalized spacial score (nSPS) is 21.1. The minimum Gasteiger partial charge on any atom is -0.355 e. The lowest BCUT2D eigenvalue weighted by atomic mass is 9.96. The number of nitrogens with one attached hydrogen (secondary N) is 3. The quantitative estimate of drug-likeness (QED) is 0.539. The molecule has 0 aliphatic carbocycles. The summed E-state index contributed by atoms with van der Waals surface area (Å²) in [6, 6.07) is 0. The van der Waals surface area contributed by atoms with Gasteiger partial charge >= 0.3 is 0 Å². The van der Waals surface area contributed by atoms with Gasteiger partial charge in [-0.1, -0.05) is 0 Å². The molecule has 1 heterocycles. The van der Waals surface area contributed by atoms with Crippen LogP contribution in [0.25, 0.3) is 0 Å². The van der Waals surface area contributed by atoms with Crippen LogP contribution < -0.4 is 15.4 Å². The second-order valence-electron chi connectivity index (χ2n) is 4.43. The monoisotopic (exact) mass is 263 g/mol. The molecule has 1 atom stereocenters. The zero-order chi connectivity index (χ0) is 12.7. The highest BCUT2D eigenvalue weighted by Gasteiger charge is 2.16. The Kier molecular flexibility index (Phi) is 5.87. The van der Waals surface area contributed by atoms with Crippen LogP contribution in [-0.2, 0) is 14.8 Å². The van der Waals surface area contributed by atoms with Gasteiger partial charge in [0.1, 0.15) is 0 Å². The molecule has 3 N–H and O–H groups in total. The molecule has 1 aliphatic rings. The van der Waals surface area contributed by atoms with Crippen molar-refractivity contribution in [3.05, 3.63) is 0 Å². The minimum atomic E-state index is -3.16. The van der Waals surface area contributed by atoms with Crippen molar-refractivity contribution in [1.82, 2.24) is 15.4 Å². The van der Waals surface area contributed by atoms with Crippen LogP contribution >= 0.6 is 0 Å². The zero-order valence-corrected chi connectivity index (χ0v) is 11.0. The Morgan fingerprint density at radius 3 is 2.76 bits per heavy atom. The van der Waals surface area contributed by atoms with E-state index < -0.39 is 10.0 Å². The predicted octanol–water partition coefficient (Wildman–Crippen LogP) is -0.958. The Hall–Kier alpha value is -0.660. The SMILES string of the molecule is CS(=O)(=O)NCCNC(=O)CC1CCCNC1. The minimum absolute atomic E-state index is 0.00555. The van der Waals surface area contributed by atoms with Gasteiger partial charge in [0.2, 0.25) is 15.9 Å². The Morgan fingerprint density at radius 2 is 2.18 bits per heavy atom. The molecule has 0 aromatic carbocycles. The predicted molar refractivity (Wildman–Crippen MR) is 66.1 cm³/mol. The van der Waals surface area contributed by atoms with E-state index in [-0.39, 0.29) is 12.5 Å². The van der Waals surface area contributed by atoms with Crippen molar-refractivity contribution in [2.45, 2.75) is 19.3 Å². The Bertz CT molecular complexity index is 337. The van der Waals surface area contributed by atoms with Crippen LogP contribution in [0.3, 0.4) is 0 Å². The van der Waals surface area contributed by atoms with Crippen molar-refractivity contribution in [1.29, 1.82) is 0 Å². The van der Waals surface area contributed by atoms with Crippen molar-refractivity contribution in [2.24, 2.45) is 5.92 Å². The topological polar surface area (TPSA) is 87.3 Å². The highest BCUT2D eigenvalue weighted by atomic mass is 32.2. The number of sulfonamides is 1. The van der Waals surface area contributed by atoms with Gasteiger partial charge < -0.3 is 10.6 Å². The number of rotatable bonds is 6. The van der Waals surface area contributed by atoms with Gasteiger partial charge in [0, 0.05) is 19.5 Å². The molecule has 100 valence electrons. The van der Waals surface area contributed by atoms with E-state index >= 15 is 0 Å². The van der Waals surface area contributed by atoms with Gasteiger partial charge in [-0.25, -0.2) is 13.1 Å². The fourth-order valence-corrected chi connectivity index (χ4v) is 2.34. The van der Waals surface area contributed by atoms with Crippen LogP contribution in [0, 0.1) is 5.92 Å². The van der Waals surface area contributed by atoms with E-state index in [1.54, 1.807) is 0 Å². The highest BCUT2D eigenvalue weighted by molar-refractivity contribution is 7.88. The molecule has 0 saturated carbocycles. The fraction of sp³-hybridized carbons (Fsp3) is 0.900. The van der Waals surface area contributed by atoms with Crippen molar-refractivity contribution in [2.75, 3.05) is 32.4 Å². The Morgan fingerprint density at radius 1 is 1.41 bits per heavy atom. The largest absolute Gasteiger partial charge is 0.355 e. The summed E-state index contributed by atoms with van der Waals surface area (Å²) in [5.74, 6) is 0.403. The molecular weight excluding hydrogens is 242 g/mol. The van der Waals surface area contributed by atoms with Gasteiger partial charge in [0.25, 0.3) is 0 Å². The second-order valence-corrected chi connectivity index (χ2v) is 6.27. The lowest BCUT2D eigenvalue weighted by Gasteiger charge is -2.22. The highest BCUT2D eigenvalue weighted by Crippen LogP contribution is 2.13. The molecule has 1 amide bonds. The summed E-state index contributed by atoms with van der Waals surface area (Å²) in [7, 11) is -3.16. The summed E-state index contributed by atoms with van der Waals surface area (Å²) in [5, 5.41) is 5.96. The third kappa shape index (κ3) is 7.30. The summed E-state index contributed by atoms with van der Waals surface area (Å²) >= 11 is 0. The van der Waals surface area contributed by atoms with Gasteiger partial charge in [0.15, 0.2) is 0 Å². The van der Waals surface area contributed by atoms with Crippen LogP contribution in [-0.4, -0.2) is 46.8 Å².